The van der Waals surface area contributed by atoms with Crippen LogP contribution in [0.1, 0.15) is 11.1 Å². The maximum absolute atomic E-state index is 13.4. The molecule has 0 aliphatic rings. The predicted molar refractivity (Wildman–Crippen MR) is 127 cm³/mol. The van der Waals surface area contributed by atoms with Crippen LogP contribution < -0.4 is 9.62 Å². The van der Waals surface area contributed by atoms with Crippen LogP contribution in [0.25, 0.3) is 0 Å². The minimum atomic E-state index is -4.12. The molecule has 0 atom stereocenters. The van der Waals surface area contributed by atoms with Crippen molar-refractivity contribution < 1.29 is 13.2 Å². The van der Waals surface area contributed by atoms with Crippen LogP contribution in [0.2, 0.25) is 10.0 Å². The average Bonchev–Trinajstić information content (AvgIpc) is 2.76. The lowest BCUT2D eigenvalue weighted by molar-refractivity contribution is -0.114. The third kappa shape index (κ3) is 5.60. The summed E-state index contributed by atoms with van der Waals surface area (Å²) < 4.78 is 27.8. The molecule has 9 heteroatoms. The van der Waals surface area contributed by atoms with Crippen molar-refractivity contribution in [3.63, 3.8) is 0 Å². The van der Waals surface area contributed by atoms with Crippen LogP contribution in [0.5, 0.6) is 0 Å². The Kier molecular flexibility index (Phi) is 7.41. The molecule has 1 N–H and O–H groups in total. The van der Waals surface area contributed by atoms with Crippen molar-refractivity contribution in [1.82, 2.24) is 0 Å². The van der Waals surface area contributed by atoms with Crippen LogP contribution in [-0.4, -0.2) is 20.9 Å². The Morgan fingerprint density at radius 2 is 1.69 bits per heavy atom. The minimum absolute atomic E-state index is 0.0211. The highest BCUT2D eigenvalue weighted by atomic mass is 35.5. The van der Waals surface area contributed by atoms with E-state index in [2.05, 4.69) is 5.32 Å². The number of rotatable bonds is 7. The first kappa shape index (κ1) is 23.6. The Morgan fingerprint density at radius 1 is 1.03 bits per heavy atom. The summed E-state index contributed by atoms with van der Waals surface area (Å²) >= 11 is 12.4. The zero-order valence-electron chi connectivity index (χ0n) is 17.0. The number of hydrogen-bond acceptors (Lipinski definition) is 4. The highest BCUT2D eigenvalue weighted by molar-refractivity contribution is 7.92. The third-order valence-electron chi connectivity index (χ3n) is 4.59. The van der Waals surface area contributed by atoms with E-state index in [-0.39, 0.29) is 27.0 Å². The number of aryl methyl sites for hydroxylation is 1. The van der Waals surface area contributed by atoms with Crippen LogP contribution in [0, 0.1) is 18.3 Å². The van der Waals surface area contributed by atoms with Gasteiger partial charge in [-0.2, -0.15) is 5.26 Å². The van der Waals surface area contributed by atoms with Gasteiger partial charge in [0.2, 0.25) is 5.91 Å². The molecule has 0 aromatic heterocycles. The van der Waals surface area contributed by atoms with Crippen LogP contribution in [0.4, 0.5) is 11.4 Å². The van der Waals surface area contributed by atoms with Crippen molar-refractivity contribution in [3.05, 3.63) is 87.9 Å². The van der Waals surface area contributed by atoms with Gasteiger partial charge in [0.05, 0.1) is 28.1 Å². The molecule has 0 saturated heterocycles. The van der Waals surface area contributed by atoms with Gasteiger partial charge in [-0.25, -0.2) is 8.42 Å². The number of carbonyl (C=O) groups excluding carboxylic acids is 1. The highest BCUT2D eigenvalue weighted by Crippen LogP contribution is 2.33. The average molecular weight is 488 g/mol. The minimum Gasteiger partial charge on any atom is -0.325 e. The molecule has 0 aliphatic carbocycles. The van der Waals surface area contributed by atoms with Gasteiger partial charge in [0, 0.05) is 10.7 Å². The topological polar surface area (TPSA) is 90.3 Å². The van der Waals surface area contributed by atoms with Gasteiger partial charge < -0.3 is 5.32 Å². The van der Waals surface area contributed by atoms with Gasteiger partial charge in [0.15, 0.2) is 0 Å². The molecule has 0 radical (unpaired) electrons. The standard InChI is InChI=1S/C23H19Cl2N3O3S/c1-16-2-9-20(10-3-16)32(30,31)28(22-14-18(24)6-11-21(22)25)15-23(29)27-19-7-4-17(5-8-19)12-13-26/h2-11,14H,12,15H2,1H3,(H,27,29). The second-order valence-corrected chi connectivity index (χ2v) is 9.71. The lowest BCUT2D eigenvalue weighted by Crippen LogP contribution is -2.38. The van der Waals surface area contributed by atoms with E-state index in [1.54, 1.807) is 36.4 Å². The van der Waals surface area contributed by atoms with Crippen molar-refractivity contribution in [2.75, 3.05) is 16.2 Å². The Hall–Kier alpha value is -3.05. The number of benzene rings is 3. The summed E-state index contributed by atoms with van der Waals surface area (Å²) in [6, 6.07) is 19.5. The number of sulfonamides is 1. The summed E-state index contributed by atoms with van der Waals surface area (Å²) in [6.07, 6.45) is 0.254. The van der Waals surface area contributed by atoms with Gasteiger partial charge in [-0.3, -0.25) is 9.10 Å². The third-order valence-corrected chi connectivity index (χ3v) is 6.92. The maximum Gasteiger partial charge on any atom is 0.264 e. The molecule has 3 aromatic rings. The van der Waals surface area contributed by atoms with E-state index in [1.165, 1.54) is 30.3 Å². The van der Waals surface area contributed by atoms with Crippen LogP contribution in [0.15, 0.2) is 71.6 Å². The normalized spacial score (nSPS) is 10.9. The Labute approximate surface area is 197 Å². The predicted octanol–water partition coefficient (Wildman–Crippen LogP) is 5.20. The zero-order valence-corrected chi connectivity index (χ0v) is 19.4. The van der Waals surface area contributed by atoms with E-state index in [4.69, 9.17) is 28.5 Å². The lowest BCUT2D eigenvalue weighted by Gasteiger charge is -2.25. The summed E-state index contributed by atoms with van der Waals surface area (Å²) in [5.74, 6) is -0.565. The molecule has 1 amide bonds. The molecule has 0 fully saturated rings. The first-order valence-electron chi connectivity index (χ1n) is 9.51. The fourth-order valence-corrected chi connectivity index (χ4v) is 4.81. The number of hydrogen-bond donors (Lipinski definition) is 1. The van der Waals surface area contributed by atoms with E-state index in [9.17, 15) is 13.2 Å². The monoisotopic (exact) mass is 487 g/mol. The van der Waals surface area contributed by atoms with Crippen molar-refractivity contribution >= 4 is 50.5 Å². The summed E-state index contributed by atoms with van der Waals surface area (Å²) in [5.41, 5.74) is 2.27. The SMILES string of the molecule is Cc1ccc(S(=O)(=O)N(CC(=O)Nc2ccc(CC#N)cc2)c2cc(Cl)ccc2Cl)cc1. The van der Waals surface area contributed by atoms with E-state index in [0.29, 0.717) is 5.69 Å². The van der Waals surface area contributed by atoms with Gasteiger partial charge in [0.25, 0.3) is 10.0 Å². The summed E-state index contributed by atoms with van der Waals surface area (Å²) in [5, 5.41) is 11.9. The van der Waals surface area contributed by atoms with Crippen molar-refractivity contribution in [1.29, 1.82) is 5.26 Å². The molecule has 0 aliphatic heterocycles. The number of nitriles is 1. The van der Waals surface area contributed by atoms with Crippen molar-refractivity contribution in [3.8, 4) is 6.07 Å². The largest absolute Gasteiger partial charge is 0.325 e. The Bertz CT molecular complexity index is 1270. The summed E-state index contributed by atoms with van der Waals surface area (Å²) in [6.45, 7) is 1.33. The van der Waals surface area contributed by atoms with Crippen molar-refractivity contribution in [2.45, 2.75) is 18.2 Å². The Balaban J connectivity index is 1.94. The second-order valence-electron chi connectivity index (χ2n) is 7.00. The van der Waals surface area contributed by atoms with Crippen LogP contribution >= 0.6 is 23.2 Å². The fourth-order valence-electron chi connectivity index (χ4n) is 2.94. The first-order valence-corrected chi connectivity index (χ1v) is 11.7. The molecular formula is C23H19Cl2N3O3S. The number of nitrogens with one attached hydrogen (secondary N) is 1. The van der Waals surface area contributed by atoms with Crippen molar-refractivity contribution in [2.24, 2.45) is 0 Å². The van der Waals surface area contributed by atoms with E-state index in [0.717, 1.165) is 15.4 Å². The molecule has 6 nitrogen and oxygen atoms in total. The van der Waals surface area contributed by atoms with Gasteiger partial charge in [-0.15, -0.1) is 0 Å². The second kappa shape index (κ2) is 10.0. The smallest absolute Gasteiger partial charge is 0.264 e. The molecule has 0 spiro atoms. The number of nitrogens with zero attached hydrogens (tertiary/aromatic N) is 2. The zero-order chi connectivity index (χ0) is 23.3. The molecule has 0 unspecified atom stereocenters. The fraction of sp³-hybridized carbons (Fsp3) is 0.130. The van der Waals surface area contributed by atoms with Crippen LogP contribution in [0.3, 0.4) is 0 Å². The highest BCUT2D eigenvalue weighted by Gasteiger charge is 2.29. The lowest BCUT2D eigenvalue weighted by atomic mass is 10.1. The molecular weight excluding hydrogens is 469 g/mol. The first-order chi connectivity index (χ1) is 15.2. The molecule has 3 aromatic carbocycles. The van der Waals surface area contributed by atoms with E-state index in [1.807, 2.05) is 13.0 Å². The Morgan fingerprint density at radius 3 is 2.31 bits per heavy atom. The molecule has 32 heavy (non-hydrogen) atoms. The number of carbonyl (C=O) groups is 1. The molecule has 0 bridgehead atoms. The van der Waals surface area contributed by atoms with Gasteiger partial charge in [-0.05, 0) is 55.0 Å². The van der Waals surface area contributed by atoms with Gasteiger partial charge in [-0.1, -0.05) is 53.0 Å². The van der Waals surface area contributed by atoms with Crippen LogP contribution in [-0.2, 0) is 21.2 Å². The molecule has 0 heterocycles. The number of amides is 1. The molecule has 3 rings (SSSR count). The maximum atomic E-state index is 13.4. The summed E-state index contributed by atoms with van der Waals surface area (Å²) in [7, 11) is -4.12. The van der Waals surface area contributed by atoms with Gasteiger partial charge in [0.1, 0.15) is 6.54 Å². The molecule has 164 valence electrons. The summed E-state index contributed by atoms with van der Waals surface area (Å²) in [4.78, 5) is 12.8. The number of anilines is 2. The van der Waals surface area contributed by atoms with Gasteiger partial charge >= 0.3 is 0 Å². The van der Waals surface area contributed by atoms with E-state index >= 15 is 0 Å². The molecule has 0 saturated carbocycles. The van der Waals surface area contributed by atoms with E-state index < -0.39 is 22.5 Å². The quantitative estimate of drug-likeness (QED) is 0.495. The number of halogens is 2.